The lowest BCUT2D eigenvalue weighted by atomic mass is 10.2. The number of rotatable bonds is 10. The topological polar surface area (TPSA) is 34.1 Å². The zero-order valence-corrected chi connectivity index (χ0v) is 12.6. The van der Waals surface area contributed by atoms with E-state index < -0.39 is 0 Å². The molecular formula is C16H28N2O. The Labute approximate surface area is 117 Å². The molecule has 0 spiro atoms. The lowest BCUT2D eigenvalue weighted by molar-refractivity contribution is 0.293. The van der Waals surface area contributed by atoms with Gasteiger partial charge in [0.25, 0.3) is 0 Å². The summed E-state index contributed by atoms with van der Waals surface area (Å²) in [4.78, 5) is 4.33. The maximum atomic E-state index is 5.62. The smallest absolute Gasteiger partial charge is 0.213 e. The molecule has 0 radical (unpaired) electrons. The molecule has 0 fully saturated rings. The minimum Gasteiger partial charge on any atom is -0.478 e. The molecule has 0 saturated heterocycles. The second-order valence-electron chi connectivity index (χ2n) is 5.44. The standard InChI is InChI=1S/C16H28N2O/c1-4-5-6-7-10-19-16-9-8-15(13-18-16)12-17-11-14(2)3/h8-9,13-14,17H,4-7,10-12H2,1-3H3. The van der Waals surface area contributed by atoms with E-state index >= 15 is 0 Å². The molecule has 1 heterocycles. The Morgan fingerprint density at radius 3 is 2.68 bits per heavy atom. The summed E-state index contributed by atoms with van der Waals surface area (Å²) in [5, 5.41) is 3.41. The van der Waals surface area contributed by atoms with Crippen LogP contribution >= 0.6 is 0 Å². The molecule has 0 atom stereocenters. The molecule has 0 saturated carbocycles. The van der Waals surface area contributed by atoms with Gasteiger partial charge in [0.1, 0.15) is 0 Å². The van der Waals surface area contributed by atoms with Crippen molar-refractivity contribution < 1.29 is 4.74 Å². The van der Waals surface area contributed by atoms with Gasteiger partial charge in [0.2, 0.25) is 5.88 Å². The summed E-state index contributed by atoms with van der Waals surface area (Å²) < 4.78 is 5.62. The zero-order chi connectivity index (χ0) is 13.9. The van der Waals surface area contributed by atoms with Gasteiger partial charge in [0, 0.05) is 18.8 Å². The van der Waals surface area contributed by atoms with E-state index in [1.54, 1.807) is 0 Å². The van der Waals surface area contributed by atoms with Gasteiger partial charge in [-0.25, -0.2) is 4.98 Å². The monoisotopic (exact) mass is 264 g/mol. The fourth-order valence-corrected chi connectivity index (χ4v) is 1.81. The SMILES string of the molecule is CCCCCCOc1ccc(CNCC(C)C)cn1. The molecule has 1 aromatic rings. The Kier molecular flexibility index (Phi) is 8.23. The van der Waals surface area contributed by atoms with Gasteiger partial charge in [-0.05, 0) is 24.4 Å². The summed E-state index contributed by atoms with van der Waals surface area (Å²) in [5.74, 6) is 1.42. The lowest BCUT2D eigenvalue weighted by Crippen LogP contribution is -2.19. The van der Waals surface area contributed by atoms with E-state index in [-0.39, 0.29) is 0 Å². The van der Waals surface area contributed by atoms with E-state index in [0.717, 1.165) is 32.0 Å². The highest BCUT2D eigenvalue weighted by atomic mass is 16.5. The van der Waals surface area contributed by atoms with Crippen molar-refractivity contribution in [1.82, 2.24) is 10.3 Å². The molecule has 1 N–H and O–H groups in total. The van der Waals surface area contributed by atoms with Crippen molar-refractivity contribution in [2.45, 2.75) is 53.0 Å². The fourth-order valence-electron chi connectivity index (χ4n) is 1.81. The Balaban J connectivity index is 2.19. The lowest BCUT2D eigenvalue weighted by Gasteiger charge is -2.08. The number of aromatic nitrogens is 1. The van der Waals surface area contributed by atoms with Crippen molar-refractivity contribution >= 4 is 0 Å². The van der Waals surface area contributed by atoms with E-state index in [1.807, 2.05) is 12.3 Å². The summed E-state index contributed by atoms with van der Waals surface area (Å²) in [6.45, 7) is 9.32. The minimum atomic E-state index is 0.679. The van der Waals surface area contributed by atoms with Gasteiger partial charge in [-0.15, -0.1) is 0 Å². The minimum absolute atomic E-state index is 0.679. The molecule has 0 aromatic carbocycles. The molecule has 3 nitrogen and oxygen atoms in total. The molecular weight excluding hydrogens is 236 g/mol. The van der Waals surface area contributed by atoms with Gasteiger partial charge in [-0.3, -0.25) is 0 Å². The summed E-state index contributed by atoms with van der Waals surface area (Å²) in [6.07, 6.45) is 6.81. The highest BCUT2D eigenvalue weighted by molar-refractivity contribution is 5.17. The van der Waals surface area contributed by atoms with Gasteiger partial charge in [-0.2, -0.15) is 0 Å². The molecule has 0 aliphatic heterocycles. The van der Waals surface area contributed by atoms with Crippen LogP contribution in [0.15, 0.2) is 18.3 Å². The van der Waals surface area contributed by atoms with Crippen molar-refractivity contribution in [3.63, 3.8) is 0 Å². The summed E-state index contributed by atoms with van der Waals surface area (Å²) in [5.41, 5.74) is 1.21. The molecule has 19 heavy (non-hydrogen) atoms. The van der Waals surface area contributed by atoms with Crippen LogP contribution in [0.1, 0.15) is 52.0 Å². The van der Waals surface area contributed by atoms with Gasteiger partial charge in [0.05, 0.1) is 6.61 Å². The maximum absolute atomic E-state index is 5.62. The molecule has 1 rings (SSSR count). The third-order valence-corrected chi connectivity index (χ3v) is 2.93. The third-order valence-electron chi connectivity index (χ3n) is 2.93. The van der Waals surface area contributed by atoms with Crippen LogP contribution in [0.4, 0.5) is 0 Å². The highest BCUT2D eigenvalue weighted by Crippen LogP contribution is 2.09. The number of nitrogens with one attached hydrogen (secondary N) is 1. The van der Waals surface area contributed by atoms with Crippen molar-refractivity contribution in [3.05, 3.63) is 23.9 Å². The average molecular weight is 264 g/mol. The highest BCUT2D eigenvalue weighted by Gasteiger charge is 1.98. The normalized spacial score (nSPS) is 10.9. The van der Waals surface area contributed by atoms with Crippen molar-refractivity contribution in [2.75, 3.05) is 13.2 Å². The quantitative estimate of drug-likeness (QED) is 0.653. The predicted octanol–water partition coefficient (Wildman–Crippen LogP) is 3.79. The van der Waals surface area contributed by atoms with Crippen molar-refractivity contribution in [2.24, 2.45) is 5.92 Å². The largest absolute Gasteiger partial charge is 0.478 e. The number of ether oxygens (including phenoxy) is 1. The molecule has 3 heteroatoms. The number of hydrogen-bond acceptors (Lipinski definition) is 3. The first-order valence-corrected chi connectivity index (χ1v) is 7.50. The second-order valence-corrected chi connectivity index (χ2v) is 5.44. The maximum Gasteiger partial charge on any atom is 0.213 e. The Hall–Kier alpha value is -1.09. The molecule has 108 valence electrons. The third kappa shape index (κ3) is 7.83. The second kappa shape index (κ2) is 9.79. The Bertz CT molecular complexity index is 322. The number of nitrogens with zero attached hydrogens (tertiary/aromatic N) is 1. The number of hydrogen-bond donors (Lipinski definition) is 1. The van der Waals surface area contributed by atoms with Crippen LogP contribution in [0.3, 0.4) is 0 Å². The molecule has 0 aliphatic carbocycles. The van der Waals surface area contributed by atoms with Gasteiger partial charge in [0.15, 0.2) is 0 Å². The Morgan fingerprint density at radius 1 is 1.21 bits per heavy atom. The molecule has 0 bridgehead atoms. The van der Waals surface area contributed by atoms with Crippen LogP contribution in [0.25, 0.3) is 0 Å². The Morgan fingerprint density at radius 2 is 2.05 bits per heavy atom. The van der Waals surface area contributed by atoms with E-state index in [9.17, 15) is 0 Å². The first-order chi connectivity index (χ1) is 9.22. The zero-order valence-electron chi connectivity index (χ0n) is 12.6. The van der Waals surface area contributed by atoms with Crippen LogP contribution in [-0.4, -0.2) is 18.1 Å². The van der Waals surface area contributed by atoms with E-state index in [2.05, 4.69) is 37.1 Å². The molecule has 0 unspecified atom stereocenters. The first kappa shape index (κ1) is 16.0. The van der Waals surface area contributed by atoms with Crippen LogP contribution in [-0.2, 0) is 6.54 Å². The molecule has 0 amide bonds. The summed E-state index contributed by atoms with van der Waals surface area (Å²) in [6, 6.07) is 4.05. The van der Waals surface area contributed by atoms with Crippen molar-refractivity contribution in [1.29, 1.82) is 0 Å². The van der Waals surface area contributed by atoms with Crippen LogP contribution < -0.4 is 10.1 Å². The average Bonchev–Trinajstić information content (AvgIpc) is 2.40. The van der Waals surface area contributed by atoms with E-state index in [4.69, 9.17) is 4.74 Å². The van der Waals surface area contributed by atoms with Crippen LogP contribution in [0, 0.1) is 5.92 Å². The van der Waals surface area contributed by atoms with Crippen molar-refractivity contribution in [3.8, 4) is 5.88 Å². The molecule has 1 aromatic heterocycles. The molecule has 0 aliphatic rings. The van der Waals surface area contributed by atoms with Crippen LogP contribution in [0.2, 0.25) is 0 Å². The first-order valence-electron chi connectivity index (χ1n) is 7.50. The number of unbranched alkanes of at least 4 members (excludes halogenated alkanes) is 3. The fraction of sp³-hybridized carbons (Fsp3) is 0.688. The van der Waals surface area contributed by atoms with Gasteiger partial charge in [-0.1, -0.05) is 46.1 Å². The summed E-state index contributed by atoms with van der Waals surface area (Å²) in [7, 11) is 0. The number of pyridine rings is 1. The predicted molar refractivity (Wildman–Crippen MR) is 80.4 cm³/mol. The van der Waals surface area contributed by atoms with Gasteiger partial charge < -0.3 is 10.1 Å². The summed E-state index contributed by atoms with van der Waals surface area (Å²) >= 11 is 0. The van der Waals surface area contributed by atoms with E-state index in [1.165, 1.54) is 24.8 Å². The van der Waals surface area contributed by atoms with Crippen LogP contribution in [0.5, 0.6) is 5.88 Å². The van der Waals surface area contributed by atoms with E-state index in [0.29, 0.717) is 5.92 Å². The van der Waals surface area contributed by atoms with Gasteiger partial charge >= 0.3 is 0 Å².